The highest BCUT2D eigenvalue weighted by atomic mass is 35.5. The maximum atomic E-state index is 7.64. The molecule has 0 aliphatic rings. The third-order valence-electron chi connectivity index (χ3n) is 3.48. The molecule has 2 N–H and O–H groups in total. The van der Waals surface area contributed by atoms with E-state index in [1.54, 1.807) is 18.5 Å². The van der Waals surface area contributed by atoms with E-state index in [0.29, 0.717) is 22.8 Å². The molecular weight excluding hydrogens is 322 g/mol. The van der Waals surface area contributed by atoms with E-state index in [2.05, 4.69) is 20.3 Å². The summed E-state index contributed by atoms with van der Waals surface area (Å²) in [5.41, 5.74) is 4.90. The number of fused-ring (bicyclic) bond motifs is 1. The van der Waals surface area contributed by atoms with E-state index in [9.17, 15) is 0 Å². The molecule has 0 atom stereocenters. The quantitative estimate of drug-likeness (QED) is 0.549. The lowest BCUT2D eigenvalue weighted by atomic mass is 10.1. The number of rotatable bonds is 5. The topological polar surface area (TPSA) is 74.6 Å². The molecule has 0 fully saturated rings. The standard InChI is InChI=1S/C18H16ClN5/c1-12-3-2-4-15(23-12)11-21-9-14(8-20)13-7-17-16(22-10-13)5-6-18(19)24-17/h2-10,20-21H,11H2,1H3/b14-9+,20-8?. The minimum Gasteiger partial charge on any atom is -0.385 e. The third-order valence-corrected chi connectivity index (χ3v) is 3.69. The fourth-order valence-electron chi connectivity index (χ4n) is 2.31. The summed E-state index contributed by atoms with van der Waals surface area (Å²) >= 11 is 5.93. The first-order valence-corrected chi connectivity index (χ1v) is 7.83. The molecule has 3 heterocycles. The van der Waals surface area contributed by atoms with Crippen LogP contribution < -0.4 is 5.32 Å². The largest absolute Gasteiger partial charge is 0.385 e. The van der Waals surface area contributed by atoms with Crippen molar-refractivity contribution < 1.29 is 0 Å². The third kappa shape index (κ3) is 3.75. The van der Waals surface area contributed by atoms with Gasteiger partial charge in [-0.1, -0.05) is 17.7 Å². The van der Waals surface area contributed by atoms with Crippen LogP contribution in [-0.4, -0.2) is 21.2 Å². The molecule has 0 aliphatic heterocycles. The zero-order valence-electron chi connectivity index (χ0n) is 13.1. The molecule has 3 rings (SSSR count). The molecule has 3 aromatic heterocycles. The van der Waals surface area contributed by atoms with Gasteiger partial charge in [-0.3, -0.25) is 9.97 Å². The van der Waals surface area contributed by atoms with E-state index >= 15 is 0 Å². The Kier molecular flexibility index (Phi) is 4.82. The monoisotopic (exact) mass is 337 g/mol. The number of allylic oxidation sites excluding steroid dienone is 1. The maximum Gasteiger partial charge on any atom is 0.129 e. The molecule has 0 aromatic carbocycles. The van der Waals surface area contributed by atoms with Crippen molar-refractivity contribution in [2.45, 2.75) is 13.5 Å². The summed E-state index contributed by atoms with van der Waals surface area (Å²) in [7, 11) is 0. The Hall–Kier alpha value is -2.79. The van der Waals surface area contributed by atoms with Crippen molar-refractivity contribution >= 4 is 34.4 Å². The van der Waals surface area contributed by atoms with Gasteiger partial charge in [-0.15, -0.1) is 0 Å². The fourth-order valence-corrected chi connectivity index (χ4v) is 2.47. The van der Waals surface area contributed by atoms with Crippen molar-refractivity contribution in [1.29, 1.82) is 5.41 Å². The molecule has 3 aromatic rings. The van der Waals surface area contributed by atoms with Gasteiger partial charge in [0.1, 0.15) is 5.15 Å². The number of pyridine rings is 3. The molecule has 0 amide bonds. The molecule has 5 nitrogen and oxygen atoms in total. The lowest BCUT2D eigenvalue weighted by Gasteiger charge is -2.06. The van der Waals surface area contributed by atoms with Crippen LogP contribution in [0.4, 0.5) is 0 Å². The Morgan fingerprint density at radius 2 is 2.08 bits per heavy atom. The number of hydrogen-bond donors (Lipinski definition) is 2. The number of nitrogens with zero attached hydrogens (tertiary/aromatic N) is 3. The first kappa shape index (κ1) is 16.1. The zero-order chi connectivity index (χ0) is 16.9. The molecule has 24 heavy (non-hydrogen) atoms. The smallest absolute Gasteiger partial charge is 0.129 e. The predicted octanol–water partition coefficient (Wildman–Crippen LogP) is 3.77. The molecule has 0 spiro atoms. The van der Waals surface area contributed by atoms with Crippen LogP contribution in [0.5, 0.6) is 0 Å². The number of aryl methyl sites for hydroxylation is 1. The lowest BCUT2D eigenvalue weighted by molar-refractivity contribution is 0.832. The van der Waals surface area contributed by atoms with E-state index < -0.39 is 0 Å². The van der Waals surface area contributed by atoms with Gasteiger partial charge in [-0.25, -0.2) is 4.98 Å². The van der Waals surface area contributed by atoms with Gasteiger partial charge in [0, 0.05) is 35.4 Å². The van der Waals surface area contributed by atoms with Gasteiger partial charge < -0.3 is 10.7 Å². The van der Waals surface area contributed by atoms with Crippen molar-refractivity contribution in [2.24, 2.45) is 0 Å². The highest BCUT2D eigenvalue weighted by Crippen LogP contribution is 2.18. The molecule has 0 aliphatic carbocycles. The average molecular weight is 338 g/mol. The van der Waals surface area contributed by atoms with E-state index in [1.165, 1.54) is 6.21 Å². The van der Waals surface area contributed by atoms with Gasteiger partial charge >= 0.3 is 0 Å². The Bertz CT molecular complexity index is 920. The van der Waals surface area contributed by atoms with Crippen LogP contribution in [0.25, 0.3) is 16.6 Å². The first-order chi connectivity index (χ1) is 11.7. The second kappa shape index (κ2) is 7.19. The number of halogens is 1. The molecule has 0 unspecified atom stereocenters. The zero-order valence-corrected chi connectivity index (χ0v) is 13.9. The Balaban J connectivity index is 1.81. The lowest BCUT2D eigenvalue weighted by Crippen LogP contribution is -2.08. The Morgan fingerprint density at radius 3 is 2.88 bits per heavy atom. The first-order valence-electron chi connectivity index (χ1n) is 7.45. The molecule has 6 heteroatoms. The van der Waals surface area contributed by atoms with Crippen molar-refractivity contribution in [3.8, 4) is 0 Å². The molecule has 0 bridgehead atoms. The minimum absolute atomic E-state index is 0.422. The summed E-state index contributed by atoms with van der Waals surface area (Å²) in [6.07, 6.45) is 4.79. The highest BCUT2D eigenvalue weighted by molar-refractivity contribution is 6.29. The molecule has 0 saturated carbocycles. The fraction of sp³-hybridized carbons (Fsp3) is 0.111. The SMILES string of the molecule is Cc1cccc(CN/C=C(\C=N)c2cnc3ccc(Cl)nc3c2)n1. The maximum absolute atomic E-state index is 7.64. The summed E-state index contributed by atoms with van der Waals surface area (Å²) in [6, 6.07) is 11.3. The van der Waals surface area contributed by atoms with Crippen LogP contribution in [-0.2, 0) is 6.54 Å². The predicted molar refractivity (Wildman–Crippen MR) is 97.1 cm³/mol. The van der Waals surface area contributed by atoms with E-state index in [0.717, 1.165) is 22.5 Å². The van der Waals surface area contributed by atoms with Gasteiger partial charge in [-0.2, -0.15) is 0 Å². The van der Waals surface area contributed by atoms with E-state index in [1.807, 2.05) is 37.3 Å². The molecule has 120 valence electrons. The van der Waals surface area contributed by atoms with E-state index in [-0.39, 0.29) is 0 Å². The van der Waals surface area contributed by atoms with Crippen LogP contribution in [0, 0.1) is 12.3 Å². The Morgan fingerprint density at radius 1 is 1.21 bits per heavy atom. The van der Waals surface area contributed by atoms with Crippen molar-refractivity contribution in [3.05, 3.63) is 70.9 Å². The summed E-state index contributed by atoms with van der Waals surface area (Å²) in [6.45, 7) is 2.55. The summed E-state index contributed by atoms with van der Waals surface area (Å²) in [5, 5.41) is 11.3. The van der Waals surface area contributed by atoms with Gasteiger partial charge in [0.05, 0.1) is 23.3 Å². The molecule has 0 saturated heterocycles. The van der Waals surface area contributed by atoms with Gasteiger partial charge in [0.25, 0.3) is 0 Å². The summed E-state index contributed by atoms with van der Waals surface area (Å²) < 4.78 is 0. The van der Waals surface area contributed by atoms with Crippen LogP contribution in [0.3, 0.4) is 0 Å². The van der Waals surface area contributed by atoms with Crippen LogP contribution in [0.15, 0.2) is 48.8 Å². The van der Waals surface area contributed by atoms with Gasteiger partial charge in [0.2, 0.25) is 0 Å². The normalized spacial score (nSPS) is 11.5. The van der Waals surface area contributed by atoms with Crippen molar-refractivity contribution in [2.75, 3.05) is 0 Å². The summed E-state index contributed by atoms with van der Waals surface area (Å²) in [5.74, 6) is 0. The van der Waals surface area contributed by atoms with Gasteiger partial charge in [0.15, 0.2) is 0 Å². The van der Waals surface area contributed by atoms with Crippen LogP contribution >= 0.6 is 11.6 Å². The van der Waals surface area contributed by atoms with Crippen LogP contribution in [0.1, 0.15) is 17.0 Å². The van der Waals surface area contributed by atoms with Crippen molar-refractivity contribution in [1.82, 2.24) is 20.3 Å². The molecular formula is C18H16ClN5. The van der Waals surface area contributed by atoms with Gasteiger partial charge in [-0.05, 0) is 37.3 Å². The minimum atomic E-state index is 0.422. The Labute approximate surface area is 145 Å². The number of hydrogen-bond acceptors (Lipinski definition) is 5. The summed E-state index contributed by atoms with van der Waals surface area (Å²) in [4.78, 5) is 13.1. The second-order valence-electron chi connectivity index (χ2n) is 5.29. The number of nitrogens with one attached hydrogen (secondary N) is 2. The van der Waals surface area contributed by atoms with Crippen molar-refractivity contribution in [3.63, 3.8) is 0 Å². The number of aromatic nitrogens is 3. The second-order valence-corrected chi connectivity index (χ2v) is 5.68. The highest BCUT2D eigenvalue weighted by Gasteiger charge is 2.04. The average Bonchev–Trinajstić information content (AvgIpc) is 2.58. The molecule has 0 radical (unpaired) electrons. The van der Waals surface area contributed by atoms with Crippen LogP contribution in [0.2, 0.25) is 5.15 Å². The van der Waals surface area contributed by atoms with E-state index in [4.69, 9.17) is 17.0 Å².